The molecule has 0 N–H and O–H groups in total. The third kappa shape index (κ3) is 3.57. The summed E-state index contributed by atoms with van der Waals surface area (Å²) in [4.78, 5) is 23.2. The van der Waals surface area contributed by atoms with E-state index in [1.807, 2.05) is 62.6 Å². The summed E-state index contributed by atoms with van der Waals surface area (Å²) in [7, 11) is 0. The summed E-state index contributed by atoms with van der Waals surface area (Å²) in [5.41, 5.74) is 4.74. The normalized spacial score (nSPS) is 11.2. The van der Waals surface area contributed by atoms with E-state index in [1.54, 1.807) is 0 Å². The zero-order chi connectivity index (χ0) is 23.1. The fourth-order valence-electron chi connectivity index (χ4n) is 4.47. The molecule has 0 aliphatic heterocycles. The molecule has 0 aliphatic rings. The fourth-order valence-corrected chi connectivity index (χ4v) is 4.47. The molecule has 162 valence electrons. The van der Waals surface area contributed by atoms with Crippen molar-refractivity contribution >= 4 is 21.5 Å². The molecule has 5 heteroatoms. The second-order valence-corrected chi connectivity index (χ2v) is 8.31. The molecule has 34 heavy (non-hydrogen) atoms. The van der Waals surface area contributed by atoms with Gasteiger partial charge in [-0.05, 0) is 55.0 Å². The summed E-state index contributed by atoms with van der Waals surface area (Å²) in [6, 6.07) is 27.1. The van der Waals surface area contributed by atoms with Crippen molar-refractivity contribution in [3.05, 3.63) is 103 Å². The van der Waals surface area contributed by atoms with E-state index in [-0.39, 0.29) is 0 Å². The van der Waals surface area contributed by atoms with Crippen LogP contribution in [0.3, 0.4) is 0 Å². The molecule has 0 fully saturated rings. The van der Waals surface area contributed by atoms with Gasteiger partial charge in [-0.3, -0.25) is 9.97 Å². The van der Waals surface area contributed by atoms with E-state index in [0.717, 1.165) is 49.6 Å². The third-order valence-electron chi connectivity index (χ3n) is 5.94. The molecule has 0 amide bonds. The summed E-state index contributed by atoms with van der Waals surface area (Å²) in [6.45, 7) is 3.78. The van der Waals surface area contributed by atoms with Gasteiger partial charge in [-0.25, -0.2) is 15.0 Å². The molecule has 0 saturated carbocycles. The number of rotatable bonds is 3. The number of benzene rings is 3. The Morgan fingerprint density at radius 1 is 0.500 bits per heavy atom. The molecule has 0 saturated heterocycles. The first-order chi connectivity index (χ1) is 16.7. The molecule has 0 bridgehead atoms. The molecule has 0 unspecified atom stereocenters. The van der Waals surface area contributed by atoms with Gasteiger partial charge in [0.15, 0.2) is 5.82 Å². The molecular weight excluding hydrogens is 418 g/mol. The molecule has 6 rings (SSSR count). The Morgan fingerprint density at radius 2 is 0.971 bits per heavy atom. The van der Waals surface area contributed by atoms with Gasteiger partial charge in [-0.2, -0.15) is 0 Å². The maximum absolute atomic E-state index is 4.77. The van der Waals surface area contributed by atoms with Crippen LogP contribution in [-0.2, 0) is 0 Å². The van der Waals surface area contributed by atoms with Crippen LogP contribution in [0, 0.1) is 13.8 Å². The minimum atomic E-state index is 0.647. The lowest BCUT2D eigenvalue weighted by atomic mass is 9.96. The van der Waals surface area contributed by atoms with E-state index < -0.39 is 0 Å². The second kappa shape index (κ2) is 8.12. The van der Waals surface area contributed by atoms with Gasteiger partial charge in [0, 0.05) is 39.9 Å². The van der Waals surface area contributed by atoms with Crippen LogP contribution < -0.4 is 0 Å². The minimum absolute atomic E-state index is 0.647. The SMILES string of the molecule is Cc1nc(C)nc(-c2cc(-c3nccc4ccccc34)cc(-c3nccc4ccccc34)c2)n1. The summed E-state index contributed by atoms with van der Waals surface area (Å²) in [5, 5.41) is 4.49. The predicted molar refractivity (Wildman–Crippen MR) is 136 cm³/mol. The molecule has 0 atom stereocenters. The van der Waals surface area contributed by atoms with Gasteiger partial charge >= 0.3 is 0 Å². The summed E-state index contributed by atoms with van der Waals surface area (Å²) in [5.74, 6) is 2.04. The Kier molecular flexibility index (Phi) is 4.81. The first kappa shape index (κ1) is 20.1. The number of aryl methyl sites for hydroxylation is 2. The van der Waals surface area contributed by atoms with Crippen molar-refractivity contribution in [2.45, 2.75) is 13.8 Å². The van der Waals surface area contributed by atoms with Crippen LogP contribution in [0.2, 0.25) is 0 Å². The number of pyridine rings is 2. The Labute approximate surface area is 197 Å². The van der Waals surface area contributed by atoms with E-state index in [2.05, 4.69) is 57.4 Å². The van der Waals surface area contributed by atoms with Gasteiger partial charge in [0.25, 0.3) is 0 Å². The Hall–Kier alpha value is -4.51. The summed E-state index contributed by atoms with van der Waals surface area (Å²) in [6.07, 6.45) is 3.72. The van der Waals surface area contributed by atoms with Crippen LogP contribution in [0.1, 0.15) is 11.6 Å². The van der Waals surface area contributed by atoms with Crippen LogP contribution in [0.15, 0.2) is 91.3 Å². The van der Waals surface area contributed by atoms with Crippen molar-refractivity contribution in [2.24, 2.45) is 0 Å². The van der Waals surface area contributed by atoms with E-state index in [0.29, 0.717) is 17.5 Å². The van der Waals surface area contributed by atoms with Crippen LogP contribution in [0.25, 0.3) is 55.4 Å². The molecule has 3 aromatic carbocycles. The highest BCUT2D eigenvalue weighted by Gasteiger charge is 2.14. The van der Waals surface area contributed by atoms with Gasteiger partial charge in [0.2, 0.25) is 0 Å². The highest BCUT2D eigenvalue weighted by Crippen LogP contribution is 2.35. The second-order valence-electron chi connectivity index (χ2n) is 8.31. The van der Waals surface area contributed by atoms with E-state index in [4.69, 9.17) is 9.97 Å². The van der Waals surface area contributed by atoms with E-state index in [1.165, 1.54) is 0 Å². The smallest absolute Gasteiger partial charge is 0.163 e. The monoisotopic (exact) mass is 439 g/mol. The van der Waals surface area contributed by atoms with Crippen LogP contribution >= 0.6 is 0 Å². The lowest BCUT2D eigenvalue weighted by molar-refractivity contribution is 0.928. The van der Waals surface area contributed by atoms with Crippen molar-refractivity contribution in [2.75, 3.05) is 0 Å². The van der Waals surface area contributed by atoms with Gasteiger partial charge in [-0.1, -0.05) is 48.5 Å². The Bertz CT molecular complexity index is 1560. The van der Waals surface area contributed by atoms with Crippen molar-refractivity contribution in [3.8, 4) is 33.9 Å². The topological polar surface area (TPSA) is 64.5 Å². The maximum atomic E-state index is 4.77. The molecule has 0 aliphatic carbocycles. The van der Waals surface area contributed by atoms with Gasteiger partial charge in [-0.15, -0.1) is 0 Å². The lowest BCUT2D eigenvalue weighted by Crippen LogP contribution is -2.00. The molecule has 0 spiro atoms. The van der Waals surface area contributed by atoms with E-state index in [9.17, 15) is 0 Å². The predicted octanol–water partition coefficient (Wildman–Crippen LogP) is 6.59. The van der Waals surface area contributed by atoms with Crippen LogP contribution in [0.5, 0.6) is 0 Å². The van der Waals surface area contributed by atoms with E-state index >= 15 is 0 Å². The van der Waals surface area contributed by atoms with Crippen molar-refractivity contribution in [3.63, 3.8) is 0 Å². The Morgan fingerprint density at radius 3 is 1.50 bits per heavy atom. The van der Waals surface area contributed by atoms with Crippen molar-refractivity contribution < 1.29 is 0 Å². The molecule has 0 radical (unpaired) electrons. The number of fused-ring (bicyclic) bond motifs is 2. The molecule has 5 nitrogen and oxygen atoms in total. The third-order valence-corrected chi connectivity index (χ3v) is 5.94. The fraction of sp³-hybridized carbons (Fsp3) is 0.0690. The average Bonchev–Trinajstić information content (AvgIpc) is 2.87. The average molecular weight is 440 g/mol. The highest BCUT2D eigenvalue weighted by molar-refractivity contribution is 5.98. The maximum Gasteiger partial charge on any atom is 0.163 e. The first-order valence-corrected chi connectivity index (χ1v) is 11.2. The largest absolute Gasteiger partial charge is 0.256 e. The first-order valence-electron chi connectivity index (χ1n) is 11.2. The van der Waals surface area contributed by atoms with Crippen molar-refractivity contribution in [1.29, 1.82) is 0 Å². The van der Waals surface area contributed by atoms with Crippen LogP contribution in [-0.4, -0.2) is 24.9 Å². The molecule has 3 aromatic heterocycles. The van der Waals surface area contributed by atoms with Crippen LogP contribution in [0.4, 0.5) is 0 Å². The van der Waals surface area contributed by atoms with Gasteiger partial charge in [0.1, 0.15) is 11.6 Å². The Balaban J connectivity index is 1.66. The zero-order valence-electron chi connectivity index (χ0n) is 18.9. The number of hydrogen-bond acceptors (Lipinski definition) is 5. The molecule has 6 aromatic rings. The highest BCUT2D eigenvalue weighted by atomic mass is 15.0. The van der Waals surface area contributed by atoms with Gasteiger partial charge in [0.05, 0.1) is 11.4 Å². The number of hydrogen-bond donors (Lipinski definition) is 0. The molecular formula is C29H21N5. The quantitative estimate of drug-likeness (QED) is 0.311. The minimum Gasteiger partial charge on any atom is -0.256 e. The summed E-state index contributed by atoms with van der Waals surface area (Å²) >= 11 is 0. The summed E-state index contributed by atoms with van der Waals surface area (Å²) < 4.78 is 0. The number of nitrogens with zero attached hydrogens (tertiary/aromatic N) is 5. The molecule has 3 heterocycles. The standard InChI is InChI=1S/C29H21N5/c1-18-32-19(2)34-29(33-18)24-16-22(27-25-9-5-3-7-20(25)11-13-30-27)15-23(17-24)28-26-10-6-4-8-21(26)12-14-31-28/h3-17H,1-2H3. The van der Waals surface area contributed by atoms with Crippen molar-refractivity contribution in [1.82, 2.24) is 24.9 Å². The van der Waals surface area contributed by atoms with Gasteiger partial charge < -0.3 is 0 Å². The zero-order valence-corrected chi connectivity index (χ0v) is 18.9. The number of aromatic nitrogens is 5. The lowest BCUT2D eigenvalue weighted by Gasteiger charge is -2.13.